The smallest absolute Gasteiger partial charge is 0.417 e. The predicted octanol–water partition coefficient (Wildman–Crippen LogP) is 4.20. The average Bonchev–Trinajstić information content (AvgIpc) is 2.56. The second-order valence-corrected chi connectivity index (χ2v) is 5.37. The molecule has 2 rings (SSSR count). The SMILES string of the molecule is CCOC(=O)c1ccc(NC(=O)Oc2ccc(SC)cc2)cc1. The van der Waals surface area contributed by atoms with Gasteiger partial charge in [-0.1, -0.05) is 0 Å². The summed E-state index contributed by atoms with van der Waals surface area (Å²) in [5, 5.41) is 2.60. The zero-order valence-electron chi connectivity index (χ0n) is 12.9. The first-order valence-corrected chi connectivity index (χ1v) is 8.25. The van der Waals surface area contributed by atoms with Crippen LogP contribution >= 0.6 is 11.8 Å². The molecule has 0 heterocycles. The Morgan fingerprint density at radius 1 is 1.04 bits per heavy atom. The first-order valence-electron chi connectivity index (χ1n) is 7.02. The number of benzene rings is 2. The van der Waals surface area contributed by atoms with Crippen LogP contribution in [0.5, 0.6) is 5.75 Å². The molecule has 0 saturated heterocycles. The quantitative estimate of drug-likeness (QED) is 0.657. The minimum atomic E-state index is -0.592. The lowest BCUT2D eigenvalue weighted by molar-refractivity contribution is 0.0526. The summed E-state index contributed by atoms with van der Waals surface area (Å²) in [6.07, 6.45) is 1.38. The number of rotatable bonds is 5. The normalized spacial score (nSPS) is 10.0. The standard InChI is InChI=1S/C17H17NO4S/c1-3-21-16(19)12-4-6-13(7-5-12)18-17(20)22-14-8-10-15(23-2)11-9-14/h4-11H,3H2,1-2H3,(H,18,20). The number of ether oxygens (including phenoxy) is 2. The zero-order chi connectivity index (χ0) is 16.7. The van der Waals surface area contributed by atoms with E-state index in [0.717, 1.165) is 4.90 Å². The number of hydrogen-bond donors (Lipinski definition) is 1. The molecule has 5 nitrogen and oxygen atoms in total. The average molecular weight is 331 g/mol. The van der Waals surface area contributed by atoms with Crippen LogP contribution in [0.2, 0.25) is 0 Å². The van der Waals surface area contributed by atoms with Crippen molar-refractivity contribution >= 4 is 29.5 Å². The highest BCUT2D eigenvalue weighted by atomic mass is 32.2. The van der Waals surface area contributed by atoms with Gasteiger partial charge in [0.25, 0.3) is 0 Å². The van der Waals surface area contributed by atoms with E-state index >= 15 is 0 Å². The first-order chi connectivity index (χ1) is 11.1. The number of carbonyl (C=O) groups is 2. The predicted molar refractivity (Wildman–Crippen MR) is 90.3 cm³/mol. The Labute approximate surface area is 139 Å². The fourth-order valence-corrected chi connectivity index (χ4v) is 2.21. The monoisotopic (exact) mass is 331 g/mol. The van der Waals surface area contributed by atoms with Gasteiger partial charge in [0.1, 0.15) is 5.75 Å². The minimum Gasteiger partial charge on any atom is -0.462 e. The van der Waals surface area contributed by atoms with E-state index in [4.69, 9.17) is 9.47 Å². The van der Waals surface area contributed by atoms with Crippen molar-refractivity contribution in [2.24, 2.45) is 0 Å². The highest BCUT2D eigenvalue weighted by molar-refractivity contribution is 7.98. The number of esters is 1. The summed E-state index contributed by atoms with van der Waals surface area (Å²) in [4.78, 5) is 24.5. The third-order valence-electron chi connectivity index (χ3n) is 2.91. The van der Waals surface area contributed by atoms with E-state index in [9.17, 15) is 9.59 Å². The summed E-state index contributed by atoms with van der Waals surface area (Å²) in [5.74, 6) is 0.0685. The Bertz CT molecular complexity index is 668. The molecule has 0 aliphatic heterocycles. The molecule has 0 aliphatic rings. The van der Waals surface area contributed by atoms with E-state index in [1.165, 1.54) is 0 Å². The van der Waals surface area contributed by atoms with Crippen LogP contribution in [0.3, 0.4) is 0 Å². The fourth-order valence-electron chi connectivity index (χ4n) is 1.80. The van der Waals surface area contributed by atoms with E-state index in [2.05, 4.69) is 5.32 Å². The number of anilines is 1. The molecule has 0 spiro atoms. The van der Waals surface area contributed by atoms with Crippen molar-refractivity contribution in [2.75, 3.05) is 18.2 Å². The van der Waals surface area contributed by atoms with Crippen LogP contribution in [0.15, 0.2) is 53.4 Å². The lowest BCUT2D eigenvalue weighted by Gasteiger charge is -2.08. The first kappa shape index (κ1) is 16.9. The van der Waals surface area contributed by atoms with Gasteiger partial charge >= 0.3 is 12.1 Å². The van der Waals surface area contributed by atoms with Crippen molar-refractivity contribution in [3.63, 3.8) is 0 Å². The van der Waals surface area contributed by atoms with Crippen LogP contribution < -0.4 is 10.1 Å². The molecule has 0 atom stereocenters. The summed E-state index contributed by atoms with van der Waals surface area (Å²) >= 11 is 1.61. The van der Waals surface area contributed by atoms with E-state index < -0.39 is 12.1 Å². The highest BCUT2D eigenvalue weighted by Gasteiger charge is 2.08. The van der Waals surface area contributed by atoms with Gasteiger partial charge in [-0.2, -0.15) is 0 Å². The van der Waals surface area contributed by atoms with Gasteiger partial charge in [-0.15, -0.1) is 11.8 Å². The van der Waals surface area contributed by atoms with Crippen LogP contribution in [0.4, 0.5) is 10.5 Å². The summed E-state index contributed by atoms with van der Waals surface area (Å²) in [7, 11) is 0. The molecule has 2 aromatic rings. The van der Waals surface area contributed by atoms with E-state index in [1.807, 2.05) is 18.4 Å². The van der Waals surface area contributed by atoms with Crippen molar-refractivity contribution < 1.29 is 19.1 Å². The van der Waals surface area contributed by atoms with Gasteiger partial charge in [0.2, 0.25) is 0 Å². The molecule has 1 amide bonds. The Kier molecular flexibility index (Phi) is 6.05. The Morgan fingerprint density at radius 2 is 1.70 bits per heavy atom. The molecule has 0 radical (unpaired) electrons. The number of amides is 1. The van der Waals surface area contributed by atoms with E-state index in [1.54, 1.807) is 55.1 Å². The lowest BCUT2D eigenvalue weighted by atomic mass is 10.2. The third-order valence-corrected chi connectivity index (χ3v) is 3.66. The number of thioether (sulfide) groups is 1. The highest BCUT2D eigenvalue weighted by Crippen LogP contribution is 2.19. The number of carbonyl (C=O) groups excluding carboxylic acids is 2. The molecule has 0 aliphatic carbocycles. The van der Waals surface area contributed by atoms with Crippen LogP contribution in [0.25, 0.3) is 0 Å². The van der Waals surface area contributed by atoms with Crippen molar-refractivity contribution in [3.8, 4) is 5.75 Å². The van der Waals surface area contributed by atoms with Crippen molar-refractivity contribution in [1.82, 2.24) is 0 Å². The number of hydrogen-bond acceptors (Lipinski definition) is 5. The summed E-state index contributed by atoms with van der Waals surface area (Å²) in [6, 6.07) is 13.6. The van der Waals surface area contributed by atoms with Crippen LogP contribution in [-0.4, -0.2) is 24.9 Å². The molecule has 1 N–H and O–H groups in total. The van der Waals surface area contributed by atoms with Gasteiger partial charge in [-0.25, -0.2) is 9.59 Å². The largest absolute Gasteiger partial charge is 0.462 e. The van der Waals surface area contributed by atoms with Gasteiger partial charge in [0.15, 0.2) is 0 Å². The van der Waals surface area contributed by atoms with Crippen molar-refractivity contribution in [1.29, 1.82) is 0 Å². The minimum absolute atomic E-state index is 0.320. The Morgan fingerprint density at radius 3 is 2.26 bits per heavy atom. The van der Waals surface area contributed by atoms with Crippen molar-refractivity contribution in [3.05, 3.63) is 54.1 Å². The molecule has 0 aromatic heterocycles. The lowest BCUT2D eigenvalue weighted by Crippen LogP contribution is -2.16. The molecule has 0 unspecified atom stereocenters. The van der Waals surface area contributed by atoms with Gasteiger partial charge in [-0.3, -0.25) is 5.32 Å². The maximum atomic E-state index is 11.8. The van der Waals surface area contributed by atoms with Gasteiger partial charge in [-0.05, 0) is 61.7 Å². The molecule has 0 fully saturated rings. The Hall–Kier alpha value is -2.47. The summed E-state index contributed by atoms with van der Waals surface area (Å²) in [6.45, 7) is 2.07. The van der Waals surface area contributed by atoms with Gasteiger partial charge in [0.05, 0.1) is 12.2 Å². The molecule has 23 heavy (non-hydrogen) atoms. The molecular weight excluding hydrogens is 314 g/mol. The molecular formula is C17H17NO4S. The molecule has 0 saturated carbocycles. The molecule has 0 bridgehead atoms. The maximum absolute atomic E-state index is 11.8. The van der Waals surface area contributed by atoms with E-state index in [0.29, 0.717) is 23.6 Å². The van der Waals surface area contributed by atoms with Gasteiger partial charge < -0.3 is 9.47 Å². The summed E-state index contributed by atoms with van der Waals surface area (Å²) in [5.41, 5.74) is 0.960. The summed E-state index contributed by atoms with van der Waals surface area (Å²) < 4.78 is 10.1. The van der Waals surface area contributed by atoms with E-state index in [-0.39, 0.29) is 0 Å². The molecule has 120 valence electrons. The topological polar surface area (TPSA) is 64.6 Å². The molecule has 2 aromatic carbocycles. The third kappa shape index (κ3) is 5.03. The maximum Gasteiger partial charge on any atom is 0.417 e. The van der Waals surface area contributed by atoms with Crippen molar-refractivity contribution in [2.45, 2.75) is 11.8 Å². The Balaban J connectivity index is 1.93. The molecule has 6 heteroatoms. The van der Waals surface area contributed by atoms with Gasteiger partial charge in [0, 0.05) is 10.6 Å². The van der Waals surface area contributed by atoms with Crippen LogP contribution in [0, 0.1) is 0 Å². The second kappa shape index (κ2) is 8.24. The van der Waals surface area contributed by atoms with Crippen LogP contribution in [-0.2, 0) is 4.74 Å². The number of nitrogens with one attached hydrogen (secondary N) is 1. The van der Waals surface area contributed by atoms with Crippen LogP contribution in [0.1, 0.15) is 17.3 Å². The fraction of sp³-hybridized carbons (Fsp3) is 0.176. The second-order valence-electron chi connectivity index (χ2n) is 4.49. The zero-order valence-corrected chi connectivity index (χ0v) is 13.7.